The molecule has 18 rings (SSSR count). The van der Waals surface area contributed by atoms with Gasteiger partial charge in [-0.2, -0.15) is 0 Å². The molecule has 8 aliphatic heterocycles. The molecule has 2 saturated heterocycles. The number of benzene rings is 8. The molecule has 27 N–H and O–H groups in total. The fourth-order valence-electron chi connectivity index (χ4n) is 16.8. The number of rotatable bonds is 6. The second kappa shape index (κ2) is 30.1. The zero-order valence-corrected chi connectivity index (χ0v) is 66.3. The summed E-state index contributed by atoms with van der Waals surface area (Å²) in [5.74, 6) is -87.0. The van der Waals surface area contributed by atoms with E-state index in [-0.39, 0.29) is 54.6 Å². The fraction of sp³-hybridized carbons (Fsp3) is 0.220. The third-order valence-corrected chi connectivity index (χ3v) is 23.4. The Morgan fingerprint density at radius 2 is 0.632 bits per heavy atom. The average molecular weight is 1900 g/mol. The Bertz CT molecular complexity index is 6950. The highest BCUT2D eigenvalue weighted by Gasteiger charge is 2.73. The average Bonchev–Trinajstić information content (AvgIpc) is 0.914. The first-order valence-electron chi connectivity index (χ1n) is 38.2. The van der Waals surface area contributed by atoms with E-state index in [4.69, 9.17) is 71.1 Å². The van der Waals surface area contributed by atoms with E-state index in [0.29, 0.717) is 12.1 Å². The van der Waals surface area contributed by atoms with Crippen LogP contribution in [0, 0.1) is 0 Å². The molecule has 0 aromatic heterocycles. The summed E-state index contributed by atoms with van der Waals surface area (Å²) in [4.78, 5) is 180. The van der Waals surface area contributed by atoms with Gasteiger partial charge < -0.3 is 209 Å². The predicted molar refractivity (Wildman–Crippen MR) is 407 cm³/mol. The van der Waals surface area contributed by atoms with Gasteiger partial charge in [-0.15, -0.1) is 0 Å². The lowest BCUT2D eigenvalue weighted by Crippen LogP contribution is -2.70. The smallest absolute Gasteiger partial charge is 0.344 e. The van der Waals surface area contributed by atoms with Crippen LogP contribution in [-0.2, 0) is 76.0 Å². The van der Waals surface area contributed by atoms with Crippen molar-refractivity contribution in [3.8, 4) is 166 Å². The van der Waals surface area contributed by atoms with Crippen molar-refractivity contribution in [2.24, 2.45) is 0 Å². The maximum absolute atomic E-state index is 15.6. The molecule has 14 atom stereocenters. The van der Waals surface area contributed by atoms with E-state index in [1.807, 2.05) is 0 Å². The zero-order chi connectivity index (χ0) is 98.3. The standard InChI is InChI=1S/C82H54O54/c83-24-1-14(2-25(84)45(24)93)67(106)133-77-65-63-59(127-74(113)21-10-35(91)81(120)79(116,117)43(21)41-18(72(111)131-65)6-30(89)50(98)61(41)135-81)33(125-77)13-123-69(108)20-9-32(52(100)56(104)40(20)39-17(71(110)129-63)5-28(87)48(96)55(39)103)124-58-23(8-29(88)49(97)57(58)105)76(115)134-78-66-64-60(128-75(114)22-11-36(92)82(121)80(118,119)44(22)42-19(73(112)132-66)7-31(90)51(99)62(42)136-82)34(126-78)12-122-68(107)15-3-26(85)46(94)53(101)37(15)38-16(70(109)130-64)4-27(86)47(95)54(38)102/h1-11,33-34,43-44,59-60,63-66,77-78,83-90,93-105,116-121H,12-13H2. The van der Waals surface area contributed by atoms with Crippen molar-refractivity contribution in [3.05, 3.63) is 134 Å². The molecule has 8 aromatic rings. The Labute approximate surface area is 744 Å². The van der Waals surface area contributed by atoms with Crippen LogP contribution in [0.15, 0.2) is 77.9 Å². The number of phenolic OH excluding ortho intramolecular Hbond substituents is 21. The van der Waals surface area contributed by atoms with Gasteiger partial charge in [0, 0.05) is 45.5 Å². The van der Waals surface area contributed by atoms with Crippen molar-refractivity contribution >= 4 is 71.3 Å². The number of aliphatic hydroxyl groups is 6. The minimum Gasteiger partial charge on any atom is -0.504 e. The Hall–Kier alpha value is -17.8. The van der Waals surface area contributed by atoms with Gasteiger partial charge in [-0.05, 0) is 54.6 Å². The van der Waals surface area contributed by atoms with Crippen LogP contribution in [-0.4, -0.2) is 307 Å². The predicted octanol–water partition coefficient (Wildman–Crippen LogP) is -1.80. The first kappa shape index (κ1) is 88.8. The number of carbonyl (C=O) groups excluding carboxylic acids is 12. The van der Waals surface area contributed by atoms with Crippen molar-refractivity contribution in [2.45, 2.75) is 96.4 Å². The summed E-state index contributed by atoms with van der Waals surface area (Å²) >= 11 is 0. The van der Waals surface area contributed by atoms with Crippen LogP contribution in [0.3, 0.4) is 0 Å². The minimum absolute atomic E-state index is 0.0623. The molecule has 0 saturated carbocycles. The second-order valence-corrected chi connectivity index (χ2v) is 31.1. The lowest BCUT2D eigenvalue weighted by molar-refractivity contribution is -0.339. The molecule has 2 aliphatic carbocycles. The first-order valence-corrected chi connectivity index (χ1v) is 38.2. The van der Waals surface area contributed by atoms with Crippen LogP contribution >= 0.6 is 0 Å². The maximum atomic E-state index is 15.6. The van der Waals surface area contributed by atoms with Crippen LogP contribution < -0.4 is 14.2 Å². The van der Waals surface area contributed by atoms with E-state index in [2.05, 4.69) is 0 Å². The Balaban J connectivity index is 0.773. The van der Waals surface area contributed by atoms with Gasteiger partial charge >= 0.3 is 71.3 Å². The first-order chi connectivity index (χ1) is 63.8. The lowest BCUT2D eigenvalue weighted by Gasteiger charge is -2.49. The van der Waals surface area contributed by atoms with E-state index in [1.165, 1.54) is 0 Å². The fourth-order valence-corrected chi connectivity index (χ4v) is 16.8. The Morgan fingerprint density at radius 1 is 0.316 bits per heavy atom. The molecule has 14 unspecified atom stereocenters. The highest BCUT2D eigenvalue weighted by Crippen LogP contribution is 2.64. The van der Waals surface area contributed by atoms with Gasteiger partial charge in [0.15, 0.2) is 122 Å². The van der Waals surface area contributed by atoms with Gasteiger partial charge in [0.2, 0.25) is 82.4 Å². The molecule has 136 heavy (non-hydrogen) atoms. The summed E-state index contributed by atoms with van der Waals surface area (Å²) in [6.45, 7) is -3.38. The zero-order valence-electron chi connectivity index (χ0n) is 66.3. The van der Waals surface area contributed by atoms with E-state index < -0.39 is 414 Å². The third kappa shape index (κ3) is 12.7. The maximum Gasteiger partial charge on any atom is 0.344 e. The number of ketones is 2. The largest absolute Gasteiger partial charge is 0.504 e. The van der Waals surface area contributed by atoms with Gasteiger partial charge in [-0.1, -0.05) is 0 Å². The normalized spacial score (nSPS) is 25.8. The second-order valence-electron chi connectivity index (χ2n) is 31.1. The summed E-state index contributed by atoms with van der Waals surface area (Å²) < 4.78 is 85.5. The highest BCUT2D eigenvalue weighted by molar-refractivity contribution is 6.13. The summed E-state index contributed by atoms with van der Waals surface area (Å²) in [5.41, 5.74) is -21.9. The number of phenols is 21. The number of hydrogen-bond donors (Lipinski definition) is 27. The number of ether oxygens (including phenoxy) is 15. The summed E-state index contributed by atoms with van der Waals surface area (Å²) in [7, 11) is 0. The van der Waals surface area contributed by atoms with Crippen LogP contribution in [0.1, 0.15) is 106 Å². The summed E-state index contributed by atoms with van der Waals surface area (Å²) in [5, 5.41) is 307. The minimum atomic E-state index is -4.24. The van der Waals surface area contributed by atoms with E-state index in [1.54, 1.807) is 0 Å². The molecule has 8 heterocycles. The molecule has 0 radical (unpaired) electrons. The number of hydrogen-bond acceptors (Lipinski definition) is 54. The van der Waals surface area contributed by atoms with Crippen LogP contribution in [0.5, 0.6) is 144 Å². The van der Waals surface area contributed by atoms with E-state index in [9.17, 15) is 157 Å². The third-order valence-electron chi connectivity index (χ3n) is 23.4. The lowest BCUT2D eigenvalue weighted by atomic mass is 9.70. The van der Waals surface area contributed by atoms with Gasteiger partial charge in [0.1, 0.15) is 31.0 Å². The molecule has 2 fully saturated rings. The van der Waals surface area contributed by atoms with E-state index >= 15 is 38.4 Å². The SMILES string of the molecule is O=C1OC2C3COC(=O)c4cc(O)c(O)c(O)c4-c4c(cc(O)c(O)c4O)C(=O)OC2C(OC(=O)c2cc(O)c(O)c4c2C2C1=CC(=O)C(O)(O4)C2(O)O)C(OC(=O)c1cc(O)c(O)c(O)c1Oc1cc2c(c(O)c1O)-c1c(cc(O)c(O)c1O)C(=O)OC1C4OC(=O)C5=CC(=O)C6(O)Oc7c(O)c(O)cc(c7C5C6(O)O)C(=O)OC1C(OC(=O)c1cc(O)c(O)c(O)c1)OC4COC2=O)O3. The Kier molecular flexibility index (Phi) is 19.7. The molecular formula is C82H54O54. The summed E-state index contributed by atoms with van der Waals surface area (Å²) in [6, 6.07) is 2.16. The van der Waals surface area contributed by atoms with Crippen molar-refractivity contribution in [3.63, 3.8) is 0 Å². The number of carbonyl (C=O) groups is 12. The monoisotopic (exact) mass is 1900 g/mol. The number of esters is 10. The van der Waals surface area contributed by atoms with Crippen molar-refractivity contribution in [1.82, 2.24) is 0 Å². The Morgan fingerprint density at radius 3 is 1.04 bits per heavy atom. The molecular weight excluding hydrogens is 1850 g/mol. The molecule has 8 aromatic carbocycles. The quantitative estimate of drug-likeness (QED) is 0.0378. The molecule has 0 amide bonds. The van der Waals surface area contributed by atoms with Gasteiger partial charge in [0.05, 0.1) is 61.9 Å². The van der Waals surface area contributed by atoms with Crippen molar-refractivity contribution < 1.29 is 266 Å². The molecule has 54 heteroatoms. The topological polar surface area (TPSA) is 890 Å². The van der Waals surface area contributed by atoms with Crippen LogP contribution in [0.2, 0.25) is 0 Å². The number of cyclic esters (lactones) is 2. The van der Waals surface area contributed by atoms with Gasteiger partial charge in [-0.3, -0.25) is 9.59 Å². The highest BCUT2D eigenvalue weighted by atomic mass is 16.8. The van der Waals surface area contributed by atoms with Gasteiger partial charge in [0.25, 0.3) is 11.6 Å². The number of fused-ring (bicyclic) bond motifs is 8. The number of aromatic hydroxyl groups is 21. The molecule has 12 bridgehead atoms. The summed E-state index contributed by atoms with van der Waals surface area (Å²) in [6.07, 6.45) is -28.6. The van der Waals surface area contributed by atoms with Crippen molar-refractivity contribution in [1.29, 1.82) is 0 Å². The van der Waals surface area contributed by atoms with Gasteiger partial charge in [-0.25, -0.2) is 47.9 Å². The van der Waals surface area contributed by atoms with E-state index in [0.717, 1.165) is 0 Å². The molecule has 706 valence electrons. The van der Waals surface area contributed by atoms with Crippen LogP contribution in [0.25, 0.3) is 22.3 Å². The molecule has 0 spiro atoms. The van der Waals surface area contributed by atoms with Crippen LogP contribution in [0.4, 0.5) is 0 Å². The molecule has 10 aliphatic rings. The van der Waals surface area contributed by atoms with Crippen molar-refractivity contribution in [2.75, 3.05) is 13.2 Å². The molecule has 54 nitrogen and oxygen atoms in total.